The summed E-state index contributed by atoms with van der Waals surface area (Å²) in [5, 5.41) is 9.01. The van der Waals surface area contributed by atoms with E-state index >= 15 is 0 Å². The van der Waals surface area contributed by atoms with Gasteiger partial charge < -0.3 is 25.1 Å². The molecule has 9 heteroatoms. The zero-order valence-corrected chi connectivity index (χ0v) is 18.3. The molecule has 0 atom stereocenters. The third-order valence-electron chi connectivity index (χ3n) is 3.52. The maximum atomic E-state index is 11.1. The van der Waals surface area contributed by atoms with Gasteiger partial charge in [-0.15, -0.1) is 24.0 Å². The van der Waals surface area contributed by atoms with E-state index in [9.17, 15) is 4.79 Å². The van der Waals surface area contributed by atoms with Crippen LogP contribution in [0.25, 0.3) is 0 Å². The fourth-order valence-electron chi connectivity index (χ4n) is 2.20. The highest BCUT2D eigenvalue weighted by Gasteiger charge is 2.06. The number of anilines is 1. The van der Waals surface area contributed by atoms with Gasteiger partial charge in [-0.3, -0.25) is 9.79 Å². The van der Waals surface area contributed by atoms with E-state index in [1.54, 1.807) is 13.1 Å². The number of guanidine groups is 1. The Bertz CT molecular complexity index is 757. The monoisotopic (exact) mass is 487 g/mol. The minimum absolute atomic E-state index is 0. The van der Waals surface area contributed by atoms with Crippen molar-refractivity contribution in [2.45, 2.75) is 27.3 Å². The molecule has 3 N–H and O–H groups in total. The predicted molar refractivity (Wildman–Crippen MR) is 116 cm³/mol. The van der Waals surface area contributed by atoms with Gasteiger partial charge in [0.15, 0.2) is 5.96 Å². The van der Waals surface area contributed by atoms with Crippen LogP contribution in [-0.2, 0) is 11.3 Å². The SMILES string of the molecule is CN=C(NCCOc1cccc(NC(C)=O)c1)NCc1nc(C)c(C)o1.I. The first-order valence-electron chi connectivity index (χ1n) is 8.36. The number of hydrogen-bond acceptors (Lipinski definition) is 5. The summed E-state index contributed by atoms with van der Waals surface area (Å²) >= 11 is 0. The summed E-state index contributed by atoms with van der Waals surface area (Å²) in [5.74, 6) is 2.64. The van der Waals surface area contributed by atoms with Gasteiger partial charge in [0.2, 0.25) is 11.8 Å². The van der Waals surface area contributed by atoms with Crippen molar-refractivity contribution in [1.29, 1.82) is 0 Å². The van der Waals surface area contributed by atoms with Gasteiger partial charge in [-0.25, -0.2) is 4.98 Å². The van der Waals surface area contributed by atoms with Crippen LogP contribution in [0.3, 0.4) is 0 Å². The number of nitrogens with zero attached hydrogens (tertiary/aromatic N) is 2. The van der Waals surface area contributed by atoms with Crippen molar-refractivity contribution in [3.8, 4) is 5.75 Å². The number of amides is 1. The third kappa shape index (κ3) is 7.85. The Balaban J connectivity index is 0.00000364. The molecule has 1 aromatic carbocycles. The molecule has 0 aliphatic carbocycles. The Morgan fingerprint density at radius 3 is 2.70 bits per heavy atom. The van der Waals surface area contributed by atoms with Gasteiger partial charge in [-0.2, -0.15) is 0 Å². The molecule has 1 heterocycles. The number of carbonyl (C=O) groups is 1. The van der Waals surface area contributed by atoms with E-state index in [2.05, 4.69) is 25.9 Å². The molecule has 0 aliphatic heterocycles. The molecule has 1 amide bonds. The van der Waals surface area contributed by atoms with Crippen molar-refractivity contribution < 1.29 is 13.9 Å². The molecule has 0 bridgehead atoms. The molecule has 0 saturated carbocycles. The average molecular weight is 487 g/mol. The number of halogens is 1. The van der Waals surface area contributed by atoms with Crippen LogP contribution >= 0.6 is 24.0 Å². The Morgan fingerprint density at radius 1 is 1.30 bits per heavy atom. The maximum Gasteiger partial charge on any atom is 0.221 e. The quantitative estimate of drug-likeness (QED) is 0.240. The van der Waals surface area contributed by atoms with E-state index < -0.39 is 0 Å². The van der Waals surface area contributed by atoms with Crippen LogP contribution in [0.1, 0.15) is 24.3 Å². The van der Waals surface area contributed by atoms with Gasteiger partial charge in [0, 0.05) is 25.7 Å². The number of aryl methyl sites for hydroxylation is 2. The maximum absolute atomic E-state index is 11.1. The van der Waals surface area contributed by atoms with Crippen LogP contribution in [0, 0.1) is 13.8 Å². The van der Waals surface area contributed by atoms with E-state index in [-0.39, 0.29) is 29.9 Å². The summed E-state index contributed by atoms with van der Waals surface area (Å²) in [6.07, 6.45) is 0. The zero-order valence-electron chi connectivity index (χ0n) is 16.0. The molecule has 148 valence electrons. The lowest BCUT2D eigenvalue weighted by Gasteiger charge is -2.12. The minimum Gasteiger partial charge on any atom is -0.492 e. The summed E-state index contributed by atoms with van der Waals surface area (Å²) in [6.45, 7) is 6.73. The summed E-state index contributed by atoms with van der Waals surface area (Å²) < 4.78 is 11.2. The van der Waals surface area contributed by atoms with Crippen LogP contribution in [0.4, 0.5) is 5.69 Å². The molecule has 2 aromatic rings. The van der Waals surface area contributed by atoms with E-state index in [1.165, 1.54) is 6.92 Å². The molecule has 8 nitrogen and oxygen atoms in total. The highest BCUT2D eigenvalue weighted by Crippen LogP contribution is 2.17. The number of aromatic nitrogens is 1. The molecule has 2 rings (SSSR count). The lowest BCUT2D eigenvalue weighted by Crippen LogP contribution is -2.38. The Kier molecular flexibility index (Phi) is 9.62. The van der Waals surface area contributed by atoms with Gasteiger partial charge in [-0.1, -0.05) is 6.07 Å². The standard InChI is InChI=1S/C18H25N5O3.HI/c1-12-13(2)26-17(22-12)11-21-18(19-4)20-8-9-25-16-7-5-6-15(10-16)23-14(3)24;/h5-7,10H,8-9,11H2,1-4H3,(H,23,24)(H2,19,20,21);1H. The second-order valence-corrected chi connectivity index (χ2v) is 5.66. The van der Waals surface area contributed by atoms with Crippen LogP contribution in [-0.4, -0.2) is 37.1 Å². The molecule has 0 radical (unpaired) electrons. The smallest absolute Gasteiger partial charge is 0.221 e. The second kappa shape index (κ2) is 11.4. The minimum atomic E-state index is -0.116. The predicted octanol–water partition coefficient (Wildman–Crippen LogP) is 2.61. The number of carbonyl (C=O) groups excluding carboxylic acids is 1. The van der Waals surface area contributed by atoms with Crippen molar-refractivity contribution in [2.75, 3.05) is 25.5 Å². The highest BCUT2D eigenvalue weighted by molar-refractivity contribution is 14.0. The van der Waals surface area contributed by atoms with Crippen molar-refractivity contribution in [3.05, 3.63) is 41.6 Å². The molecular weight excluding hydrogens is 461 g/mol. The number of oxazole rings is 1. The van der Waals surface area contributed by atoms with Gasteiger partial charge in [0.05, 0.1) is 18.8 Å². The number of ether oxygens (including phenoxy) is 1. The first-order valence-corrected chi connectivity index (χ1v) is 8.36. The van der Waals surface area contributed by atoms with Crippen LogP contribution in [0.15, 0.2) is 33.7 Å². The molecular formula is C18H26IN5O3. The number of rotatable bonds is 7. The lowest BCUT2D eigenvalue weighted by molar-refractivity contribution is -0.114. The van der Waals surface area contributed by atoms with Crippen molar-refractivity contribution >= 4 is 41.5 Å². The van der Waals surface area contributed by atoms with Crippen LogP contribution < -0.4 is 20.7 Å². The number of hydrogen-bond donors (Lipinski definition) is 3. The second-order valence-electron chi connectivity index (χ2n) is 5.66. The zero-order chi connectivity index (χ0) is 18.9. The lowest BCUT2D eigenvalue weighted by atomic mass is 10.3. The first-order chi connectivity index (χ1) is 12.5. The van der Waals surface area contributed by atoms with E-state index in [4.69, 9.17) is 9.15 Å². The molecule has 0 unspecified atom stereocenters. The van der Waals surface area contributed by atoms with Gasteiger partial charge in [-0.05, 0) is 26.0 Å². The molecule has 0 fully saturated rings. The van der Waals surface area contributed by atoms with Crippen molar-refractivity contribution in [2.24, 2.45) is 4.99 Å². The van der Waals surface area contributed by atoms with Gasteiger partial charge >= 0.3 is 0 Å². The molecule has 0 spiro atoms. The Labute approximate surface area is 176 Å². The largest absolute Gasteiger partial charge is 0.492 e. The molecule has 27 heavy (non-hydrogen) atoms. The number of nitrogens with one attached hydrogen (secondary N) is 3. The van der Waals surface area contributed by atoms with Crippen LogP contribution in [0.5, 0.6) is 5.75 Å². The normalized spacial score (nSPS) is 10.7. The Morgan fingerprint density at radius 2 is 2.07 bits per heavy atom. The summed E-state index contributed by atoms with van der Waals surface area (Å²) in [4.78, 5) is 19.5. The third-order valence-corrected chi connectivity index (χ3v) is 3.52. The fourth-order valence-corrected chi connectivity index (χ4v) is 2.20. The van der Waals surface area contributed by atoms with E-state index in [1.807, 2.05) is 32.0 Å². The van der Waals surface area contributed by atoms with E-state index in [0.717, 1.165) is 11.5 Å². The average Bonchev–Trinajstić information content (AvgIpc) is 2.92. The summed E-state index contributed by atoms with van der Waals surface area (Å²) in [5.41, 5.74) is 1.59. The molecule has 0 aliphatic rings. The van der Waals surface area contributed by atoms with Crippen LogP contribution in [0.2, 0.25) is 0 Å². The van der Waals surface area contributed by atoms with Crippen molar-refractivity contribution in [1.82, 2.24) is 15.6 Å². The van der Waals surface area contributed by atoms with E-state index in [0.29, 0.717) is 43.0 Å². The van der Waals surface area contributed by atoms with Gasteiger partial charge in [0.25, 0.3) is 0 Å². The topological polar surface area (TPSA) is 101 Å². The first kappa shape index (κ1) is 22.7. The van der Waals surface area contributed by atoms with Gasteiger partial charge in [0.1, 0.15) is 18.1 Å². The van der Waals surface area contributed by atoms with Crippen molar-refractivity contribution in [3.63, 3.8) is 0 Å². The summed E-state index contributed by atoms with van der Waals surface area (Å²) in [6, 6.07) is 7.26. The Hall–Kier alpha value is -2.30. The molecule has 0 saturated heterocycles. The number of benzene rings is 1. The fraction of sp³-hybridized carbons (Fsp3) is 0.389. The summed E-state index contributed by atoms with van der Waals surface area (Å²) in [7, 11) is 1.69. The molecule has 1 aromatic heterocycles. The highest BCUT2D eigenvalue weighted by atomic mass is 127. The number of aliphatic imine (C=N–C) groups is 1.